The number of aliphatic imine (C=N–C) groups is 1. The first-order valence-electron chi connectivity index (χ1n) is 8.09. The van der Waals surface area contributed by atoms with E-state index in [1.807, 2.05) is 25.1 Å². The Hall–Kier alpha value is -3.47. The number of rotatable bonds is 3. The molecule has 0 atom stereocenters. The van der Waals surface area contributed by atoms with E-state index in [4.69, 9.17) is 4.42 Å². The van der Waals surface area contributed by atoms with Gasteiger partial charge >= 0.3 is 0 Å². The van der Waals surface area contributed by atoms with Gasteiger partial charge in [-0.3, -0.25) is 4.99 Å². The molecule has 128 valence electrons. The molecular formula is C21H15FN2O2. The number of fused-ring (bicyclic) bond motifs is 1. The van der Waals surface area contributed by atoms with E-state index in [0.29, 0.717) is 28.3 Å². The molecule has 3 aromatic carbocycles. The largest absolute Gasteiger partial charge is 0.507 e. The SMILES string of the molecule is Cc1ccc2nc(-c3ccc(N=Cc4ccccc4F)cc3O)oc2c1. The van der Waals surface area contributed by atoms with Crippen LogP contribution in [-0.2, 0) is 0 Å². The van der Waals surface area contributed by atoms with Crippen LogP contribution in [0.25, 0.3) is 22.6 Å². The minimum absolute atomic E-state index is 0.00328. The second-order valence-electron chi connectivity index (χ2n) is 5.97. The van der Waals surface area contributed by atoms with E-state index in [2.05, 4.69) is 9.98 Å². The van der Waals surface area contributed by atoms with Gasteiger partial charge in [-0.15, -0.1) is 0 Å². The van der Waals surface area contributed by atoms with Gasteiger partial charge in [-0.05, 0) is 42.8 Å². The molecule has 0 unspecified atom stereocenters. The lowest BCUT2D eigenvalue weighted by atomic mass is 10.2. The van der Waals surface area contributed by atoms with Crippen LogP contribution < -0.4 is 0 Å². The molecule has 5 heteroatoms. The van der Waals surface area contributed by atoms with Gasteiger partial charge in [-0.1, -0.05) is 24.3 Å². The van der Waals surface area contributed by atoms with Gasteiger partial charge in [0.25, 0.3) is 0 Å². The number of halogens is 1. The van der Waals surface area contributed by atoms with Gasteiger partial charge in [0.05, 0.1) is 11.3 Å². The maximum Gasteiger partial charge on any atom is 0.231 e. The van der Waals surface area contributed by atoms with E-state index < -0.39 is 0 Å². The fourth-order valence-corrected chi connectivity index (χ4v) is 2.65. The third-order valence-corrected chi connectivity index (χ3v) is 4.01. The molecule has 0 bridgehead atoms. The van der Waals surface area contributed by atoms with Crippen LogP contribution >= 0.6 is 0 Å². The Bertz CT molecular complexity index is 1130. The zero-order valence-corrected chi connectivity index (χ0v) is 14.0. The first-order valence-corrected chi connectivity index (χ1v) is 8.09. The first-order chi connectivity index (χ1) is 12.6. The molecule has 4 nitrogen and oxygen atoms in total. The van der Waals surface area contributed by atoms with E-state index >= 15 is 0 Å². The minimum Gasteiger partial charge on any atom is -0.507 e. The standard InChI is InChI=1S/C21H15FN2O2/c1-13-6-9-18-20(10-13)26-21(24-18)16-8-7-15(11-19(16)25)23-12-14-4-2-3-5-17(14)22/h2-12,25H,1H3. The average molecular weight is 346 g/mol. The monoisotopic (exact) mass is 346 g/mol. The van der Waals surface area contributed by atoms with Crippen LogP contribution in [-0.4, -0.2) is 16.3 Å². The van der Waals surface area contributed by atoms with Crippen molar-refractivity contribution in [3.8, 4) is 17.2 Å². The number of nitrogens with zero attached hydrogens (tertiary/aromatic N) is 2. The van der Waals surface area contributed by atoms with Crippen molar-refractivity contribution in [1.29, 1.82) is 0 Å². The quantitative estimate of drug-likeness (QED) is 0.505. The molecule has 0 aliphatic rings. The molecule has 0 aliphatic heterocycles. The Kier molecular flexibility index (Phi) is 3.97. The smallest absolute Gasteiger partial charge is 0.231 e. The number of benzene rings is 3. The van der Waals surface area contributed by atoms with Gasteiger partial charge < -0.3 is 9.52 Å². The second-order valence-corrected chi connectivity index (χ2v) is 5.97. The highest BCUT2D eigenvalue weighted by atomic mass is 19.1. The van der Waals surface area contributed by atoms with Crippen molar-refractivity contribution in [1.82, 2.24) is 4.98 Å². The van der Waals surface area contributed by atoms with E-state index in [9.17, 15) is 9.50 Å². The van der Waals surface area contributed by atoms with Gasteiger partial charge in [0.2, 0.25) is 5.89 Å². The topological polar surface area (TPSA) is 58.6 Å². The van der Waals surface area contributed by atoms with Gasteiger partial charge in [0.15, 0.2) is 5.58 Å². The van der Waals surface area contributed by atoms with Gasteiger partial charge in [0, 0.05) is 17.8 Å². The fraction of sp³-hybridized carbons (Fsp3) is 0.0476. The number of hydrogen-bond acceptors (Lipinski definition) is 4. The summed E-state index contributed by atoms with van der Waals surface area (Å²) in [5.74, 6) is -0.0111. The molecule has 26 heavy (non-hydrogen) atoms. The van der Waals surface area contributed by atoms with E-state index in [-0.39, 0.29) is 11.6 Å². The summed E-state index contributed by atoms with van der Waals surface area (Å²) >= 11 is 0. The molecule has 0 spiro atoms. The average Bonchev–Trinajstić information content (AvgIpc) is 3.04. The van der Waals surface area contributed by atoms with Crippen LogP contribution in [0.4, 0.5) is 10.1 Å². The second kappa shape index (κ2) is 6.44. The number of aryl methyl sites for hydroxylation is 1. The molecular weight excluding hydrogens is 331 g/mol. The highest BCUT2D eigenvalue weighted by Crippen LogP contribution is 2.34. The molecule has 1 heterocycles. The minimum atomic E-state index is -0.348. The summed E-state index contributed by atoms with van der Waals surface area (Å²) in [6, 6.07) is 17.0. The van der Waals surface area contributed by atoms with Crippen molar-refractivity contribution in [3.05, 3.63) is 77.6 Å². The lowest BCUT2D eigenvalue weighted by molar-refractivity contribution is 0.474. The number of aromatic nitrogens is 1. The molecule has 0 fully saturated rings. The summed E-state index contributed by atoms with van der Waals surface area (Å²) in [5, 5.41) is 10.3. The molecule has 4 rings (SSSR count). The van der Waals surface area contributed by atoms with Crippen LogP contribution in [0.2, 0.25) is 0 Å². The third-order valence-electron chi connectivity index (χ3n) is 4.01. The van der Waals surface area contributed by atoms with E-state index in [0.717, 1.165) is 11.1 Å². The molecule has 0 saturated heterocycles. The van der Waals surface area contributed by atoms with Crippen LogP contribution in [0.3, 0.4) is 0 Å². The number of phenols is 1. The van der Waals surface area contributed by atoms with Crippen LogP contribution in [0, 0.1) is 12.7 Å². The van der Waals surface area contributed by atoms with Gasteiger partial charge in [-0.2, -0.15) is 0 Å². The molecule has 0 radical (unpaired) electrons. The summed E-state index contributed by atoms with van der Waals surface area (Å²) in [5.41, 5.74) is 3.82. The summed E-state index contributed by atoms with van der Waals surface area (Å²) in [7, 11) is 0. The van der Waals surface area contributed by atoms with E-state index in [1.165, 1.54) is 18.3 Å². The highest BCUT2D eigenvalue weighted by Gasteiger charge is 2.12. The maximum absolute atomic E-state index is 13.6. The van der Waals surface area contributed by atoms with Crippen molar-refractivity contribution in [3.63, 3.8) is 0 Å². The Morgan fingerprint density at radius 1 is 1.08 bits per heavy atom. The van der Waals surface area contributed by atoms with Crippen molar-refractivity contribution < 1.29 is 13.9 Å². The Labute approximate surface area is 149 Å². The summed E-state index contributed by atoms with van der Waals surface area (Å²) in [4.78, 5) is 8.62. The predicted molar refractivity (Wildman–Crippen MR) is 99.5 cm³/mol. The fourth-order valence-electron chi connectivity index (χ4n) is 2.65. The zero-order chi connectivity index (χ0) is 18.1. The van der Waals surface area contributed by atoms with E-state index in [1.54, 1.807) is 30.3 Å². The van der Waals surface area contributed by atoms with Gasteiger partial charge in [-0.25, -0.2) is 9.37 Å². The van der Waals surface area contributed by atoms with Crippen molar-refractivity contribution >= 4 is 23.0 Å². The highest BCUT2D eigenvalue weighted by molar-refractivity contribution is 5.83. The van der Waals surface area contributed by atoms with Gasteiger partial charge in [0.1, 0.15) is 17.1 Å². The molecule has 0 amide bonds. The van der Waals surface area contributed by atoms with Crippen LogP contribution in [0.1, 0.15) is 11.1 Å². The normalized spacial score (nSPS) is 11.5. The van der Waals surface area contributed by atoms with Crippen molar-refractivity contribution in [2.45, 2.75) is 6.92 Å². The Balaban J connectivity index is 1.66. The maximum atomic E-state index is 13.6. The lowest BCUT2D eigenvalue weighted by Crippen LogP contribution is -1.86. The van der Waals surface area contributed by atoms with Crippen molar-refractivity contribution in [2.75, 3.05) is 0 Å². The number of oxazole rings is 1. The van der Waals surface area contributed by atoms with Crippen molar-refractivity contribution in [2.24, 2.45) is 4.99 Å². The molecule has 1 N–H and O–H groups in total. The number of hydrogen-bond donors (Lipinski definition) is 1. The molecule has 0 saturated carbocycles. The number of phenolic OH excluding ortho intramolecular Hbond substituents is 1. The zero-order valence-electron chi connectivity index (χ0n) is 14.0. The first kappa shape index (κ1) is 16.0. The molecule has 1 aromatic heterocycles. The van der Waals surface area contributed by atoms with Crippen LogP contribution in [0.5, 0.6) is 5.75 Å². The Morgan fingerprint density at radius 2 is 1.92 bits per heavy atom. The molecule has 0 aliphatic carbocycles. The summed E-state index contributed by atoms with van der Waals surface area (Å²) in [6.45, 7) is 1.97. The molecule has 4 aromatic rings. The third kappa shape index (κ3) is 3.07. The summed E-state index contributed by atoms with van der Waals surface area (Å²) in [6.07, 6.45) is 1.42. The Morgan fingerprint density at radius 3 is 2.73 bits per heavy atom. The number of aromatic hydroxyl groups is 1. The predicted octanol–water partition coefficient (Wildman–Crippen LogP) is 5.40. The summed E-state index contributed by atoms with van der Waals surface area (Å²) < 4.78 is 19.4. The van der Waals surface area contributed by atoms with Crippen LogP contribution in [0.15, 0.2) is 70.1 Å². The lowest BCUT2D eigenvalue weighted by Gasteiger charge is -2.01.